The van der Waals surface area contributed by atoms with Crippen LogP contribution in [0.1, 0.15) is 11.3 Å². The SMILES string of the molecule is N#C/C(=C/c1ccc(-c2cccc(Cl)c2Cl)o1)c1ccc(Cl)cc1. The predicted molar refractivity (Wildman–Crippen MR) is 99.1 cm³/mol. The van der Waals surface area contributed by atoms with Crippen molar-refractivity contribution in [2.45, 2.75) is 0 Å². The first kappa shape index (κ1) is 16.7. The molecule has 118 valence electrons. The minimum atomic E-state index is 0.433. The molecule has 0 atom stereocenters. The van der Waals surface area contributed by atoms with Crippen LogP contribution in [0.2, 0.25) is 15.1 Å². The van der Waals surface area contributed by atoms with Gasteiger partial charge in [0.15, 0.2) is 0 Å². The van der Waals surface area contributed by atoms with E-state index in [1.54, 1.807) is 54.6 Å². The van der Waals surface area contributed by atoms with Crippen molar-refractivity contribution in [3.8, 4) is 17.4 Å². The van der Waals surface area contributed by atoms with Crippen LogP contribution in [0.4, 0.5) is 0 Å². The maximum Gasteiger partial charge on any atom is 0.136 e. The molecular weight excluding hydrogens is 365 g/mol. The molecule has 0 aliphatic carbocycles. The van der Waals surface area contributed by atoms with Crippen LogP contribution in [-0.4, -0.2) is 0 Å². The van der Waals surface area contributed by atoms with Crippen molar-refractivity contribution >= 4 is 46.5 Å². The van der Waals surface area contributed by atoms with Gasteiger partial charge in [0.1, 0.15) is 11.5 Å². The van der Waals surface area contributed by atoms with E-state index in [1.165, 1.54) is 0 Å². The van der Waals surface area contributed by atoms with Gasteiger partial charge in [0.05, 0.1) is 21.7 Å². The predicted octanol–water partition coefficient (Wildman–Crippen LogP) is 6.97. The van der Waals surface area contributed by atoms with Crippen molar-refractivity contribution in [2.75, 3.05) is 0 Å². The molecule has 0 aliphatic rings. The molecule has 0 aliphatic heterocycles. The summed E-state index contributed by atoms with van der Waals surface area (Å²) in [6, 6.07) is 18.1. The molecule has 2 aromatic carbocycles. The van der Waals surface area contributed by atoms with Crippen LogP contribution in [0, 0.1) is 11.3 Å². The number of rotatable bonds is 3. The molecule has 0 N–H and O–H groups in total. The fourth-order valence-corrected chi connectivity index (χ4v) is 2.74. The van der Waals surface area contributed by atoms with Gasteiger partial charge in [-0.1, -0.05) is 53.0 Å². The molecule has 2 nitrogen and oxygen atoms in total. The second-order valence-electron chi connectivity index (χ2n) is 4.98. The van der Waals surface area contributed by atoms with Crippen molar-refractivity contribution in [1.82, 2.24) is 0 Å². The molecule has 5 heteroatoms. The minimum Gasteiger partial charge on any atom is -0.457 e. The summed E-state index contributed by atoms with van der Waals surface area (Å²) in [5.74, 6) is 1.13. The molecule has 0 unspecified atom stereocenters. The van der Waals surface area contributed by atoms with Crippen molar-refractivity contribution in [3.05, 3.63) is 81.0 Å². The molecule has 0 radical (unpaired) electrons. The van der Waals surface area contributed by atoms with Crippen LogP contribution in [0.15, 0.2) is 59.0 Å². The Morgan fingerprint density at radius 1 is 0.958 bits per heavy atom. The number of benzene rings is 2. The van der Waals surface area contributed by atoms with Crippen molar-refractivity contribution in [3.63, 3.8) is 0 Å². The number of nitriles is 1. The van der Waals surface area contributed by atoms with Crippen LogP contribution in [0.3, 0.4) is 0 Å². The van der Waals surface area contributed by atoms with Crippen molar-refractivity contribution < 1.29 is 4.42 Å². The summed E-state index contributed by atoms with van der Waals surface area (Å²) < 4.78 is 5.79. The molecule has 0 saturated carbocycles. The van der Waals surface area contributed by atoms with Gasteiger partial charge in [-0.3, -0.25) is 0 Å². The van der Waals surface area contributed by atoms with E-state index in [2.05, 4.69) is 6.07 Å². The molecule has 0 saturated heterocycles. The van der Waals surface area contributed by atoms with Gasteiger partial charge in [0, 0.05) is 10.6 Å². The summed E-state index contributed by atoms with van der Waals surface area (Å²) in [5, 5.41) is 10.9. The monoisotopic (exact) mass is 373 g/mol. The van der Waals surface area contributed by atoms with Crippen LogP contribution in [-0.2, 0) is 0 Å². The molecule has 1 heterocycles. The molecule has 3 aromatic rings. The largest absolute Gasteiger partial charge is 0.457 e. The lowest BCUT2D eigenvalue weighted by Gasteiger charge is -2.02. The van der Waals surface area contributed by atoms with Crippen molar-refractivity contribution in [2.24, 2.45) is 0 Å². The highest BCUT2D eigenvalue weighted by atomic mass is 35.5. The molecule has 0 amide bonds. The number of furan rings is 1. The number of allylic oxidation sites excluding steroid dienone is 1. The number of hydrogen-bond donors (Lipinski definition) is 0. The van der Waals surface area contributed by atoms with Gasteiger partial charge in [0.25, 0.3) is 0 Å². The summed E-state index contributed by atoms with van der Waals surface area (Å²) in [4.78, 5) is 0. The lowest BCUT2D eigenvalue weighted by atomic mass is 10.1. The van der Waals surface area contributed by atoms with Gasteiger partial charge in [-0.05, 0) is 48.0 Å². The van der Waals surface area contributed by atoms with Crippen LogP contribution in [0.25, 0.3) is 23.0 Å². The van der Waals surface area contributed by atoms with E-state index in [9.17, 15) is 5.26 Å². The topological polar surface area (TPSA) is 36.9 Å². The maximum atomic E-state index is 9.38. The van der Waals surface area contributed by atoms with Crippen LogP contribution in [0.5, 0.6) is 0 Å². The Balaban J connectivity index is 1.96. The second-order valence-corrected chi connectivity index (χ2v) is 6.20. The number of nitrogens with zero attached hydrogens (tertiary/aromatic N) is 1. The highest BCUT2D eigenvalue weighted by molar-refractivity contribution is 6.43. The summed E-state index contributed by atoms with van der Waals surface area (Å²) in [6.45, 7) is 0. The Bertz CT molecular complexity index is 949. The fraction of sp³-hybridized carbons (Fsp3) is 0. The molecule has 3 rings (SSSR count). The lowest BCUT2D eigenvalue weighted by Crippen LogP contribution is -1.80. The first-order valence-electron chi connectivity index (χ1n) is 7.00. The Labute approximate surface area is 154 Å². The number of halogens is 3. The summed E-state index contributed by atoms with van der Waals surface area (Å²) in [5.41, 5.74) is 1.94. The third-order valence-electron chi connectivity index (χ3n) is 3.41. The normalized spacial score (nSPS) is 11.3. The highest BCUT2D eigenvalue weighted by Crippen LogP contribution is 2.34. The van der Waals surface area contributed by atoms with E-state index in [1.807, 2.05) is 6.07 Å². The van der Waals surface area contributed by atoms with E-state index in [-0.39, 0.29) is 0 Å². The summed E-state index contributed by atoms with van der Waals surface area (Å²) in [7, 11) is 0. The first-order chi connectivity index (χ1) is 11.6. The van der Waals surface area contributed by atoms with Gasteiger partial charge >= 0.3 is 0 Å². The van der Waals surface area contributed by atoms with E-state index >= 15 is 0 Å². The van der Waals surface area contributed by atoms with E-state index < -0.39 is 0 Å². The van der Waals surface area contributed by atoms with Gasteiger partial charge < -0.3 is 4.42 Å². The average molecular weight is 375 g/mol. The third-order valence-corrected chi connectivity index (χ3v) is 4.48. The van der Waals surface area contributed by atoms with Crippen LogP contribution >= 0.6 is 34.8 Å². The zero-order chi connectivity index (χ0) is 17.1. The van der Waals surface area contributed by atoms with E-state index in [0.717, 1.165) is 5.56 Å². The van der Waals surface area contributed by atoms with Crippen LogP contribution < -0.4 is 0 Å². The Hall–Kier alpha value is -2.18. The van der Waals surface area contributed by atoms with E-state index in [4.69, 9.17) is 39.2 Å². The summed E-state index contributed by atoms with van der Waals surface area (Å²) in [6.07, 6.45) is 1.67. The zero-order valence-corrected chi connectivity index (χ0v) is 14.5. The smallest absolute Gasteiger partial charge is 0.136 e. The minimum absolute atomic E-state index is 0.433. The third kappa shape index (κ3) is 3.49. The quantitative estimate of drug-likeness (QED) is 0.464. The lowest BCUT2D eigenvalue weighted by molar-refractivity contribution is 0.572. The van der Waals surface area contributed by atoms with Crippen molar-refractivity contribution in [1.29, 1.82) is 5.26 Å². The maximum absolute atomic E-state index is 9.38. The van der Waals surface area contributed by atoms with Gasteiger partial charge in [0.2, 0.25) is 0 Å². The molecule has 0 fully saturated rings. The number of hydrogen-bond acceptors (Lipinski definition) is 2. The summed E-state index contributed by atoms with van der Waals surface area (Å²) >= 11 is 18.1. The Kier molecular flexibility index (Phi) is 4.97. The van der Waals surface area contributed by atoms with E-state index in [0.29, 0.717) is 37.7 Å². The zero-order valence-electron chi connectivity index (χ0n) is 12.3. The van der Waals surface area contributed by atoms with Gasteiger partial charge in [-0.25, -0.2) is 0 Å². The molecule has 1 aromatic heterocycles. The molecule has 0 bridgehead atoms. The molecular formula is C19H10Cl3NO. The average Bonchev–Trinajstić information content (AvgIpc) is 3.04. The fourth-order valence-electron chi connectivity index (χ4n) is 2.22. The Morgan fingerprint density at radius 3 is 2.42 bits per heavy atom. The van der Waals surface area contributed by atoms with Gasteiger partial charge in [-0.2, -0.15) is 5.26 Å². The molecule has 24 heavy (non-hydrogen) atoms. The highest BCUT2D eigenvalue weighted by Gasteiger charge is 2.11. The second kappa shape index (κ2) is 7.15. The first-order valence-corrected chi connectivity index (χ1v) is 8.14. The standard InChI is InChI=1S/C19H10Cl3NO/c20-14-6-4-12(5-7-14)13(11-23)10-15-8-9-18(24-15)16-2-1-3-17(21)19(16)22/h1-10H/b13-10-. The molecule has 0 spiro atoms. The Morgan fingerprint density at radius 2 is 1.71 bits per heavy atom. The van der Waals surface area contributed by atoms with Gasteiger partial charge in [-0.15, -0.1) is 0 Å².